The number of halogens is 1. The number of hydrogen-bond acceptors (Lipinski definition) is 3. The van der Waals surface area contributed by atoms with Crippen molar-refractivity contribution in [1.29, 1.82) is 0 Å². The van der Waals surface area contributed by atoms with Crippen molar-refractivity contribution in [2.45, 2.75) is 6.92 Å². The summed E-state index contributed by atoms with van der Waals surface area (Å²) in [6.45, 7) is 5.72. The highest BCUT2D eigenvalue weighted by Crippen LogP contribution is 2.15. The fraction of sp³-hybridized carbons (Fsp3) is 0.316. The van der Waals surface area contributed by atoms with Gasteiger partial charge in [0.2, 0.25) is 0 Å². The molecule has 0 atom stereocenters. The summed E-state index contributed by atoms with van der Waals surface area (Å²) in [4.78, 5) is 14.6. The Hall–Kier alpha value is -1.65. The van der Waals surface area contributed by atoms with E-state index in [2.05, 4.69) is 27.8 Å². The molecule has 0 spiro atoms. The molecule has 2 rings (SSSR count). The zero-order valence-corrected chi connectivity index (χ0v) is 15.0. The van der Waals surface area contributed by atoms with E-state index < -0.39 is 0 Å². The van der Waals surface area contributed by atoms with Gasteiger partial charge in [-0.1, -0.05) is 53.2 Å². The van der Waals surface area contributed by atoms with Crippen LogP contribution in [0.2, 0.25) is 0 Å². The van der Waals surface area contributed by atoms with Crippen LogP contribution < -0.4 is 4.74 Å². The third-order valence-electron chi connectivity index (χ3n) is 3.68. The van der Waals surface area contributed by atoms with Crippen LogP contribution in [-0.4, -0.2) is 42.3 Å². The van der Waals surface area contributed by atoms with Gasteiger partial charge in [-0.25, -0.2) is 0 Å². The van der Waals surface area contributed by atoms with Crippen LogP contribution in [-0.2, 0) is 0 Å². The quantitative estimate of drug-likeness (QED) is 0.489. The number of nitrogens with zero attached hydrogens (tertiary/aromatic N) is 1. The number of carbonyl (C=O) groups excluding carboxylic acids is 1. The number of ether oxygens (including phenoxy) is 1. The summed E-state index contributed by atoms with van der Waals surface area (Å²) >= 11 is 3.45. The van der Waals surface area contributed by atoms with E-state index in [-0.39, 0.29) is 5.78 Å². The van der Waals surface area contributed by atoms with E-state index in [9.17, 15) is 4.79 Å². The Morgan fingerprint density at radius 3 is 2.26 bits per heavy atom. The summed E-state index contributed by atoms with van der Waals surface area (Å²) in [6.07, 6.45) is 0. The van der Waals surface area contributed by atoms with E-state index >= 15 is 0 Å². The zero-order chi connectivity index (χ0) is 16.5. The number of carbonyl (C=O) groups is 1. The number of ketones is 1. The smallest absolute Gasteiger partial charge is 0.193 e. The molecule has 2 aromatic rings. The van der Waals surface area contributed by atoms with E-state index in [1.807, 2.05) is 54.6 Å². The molecule has 0 aliphatic carbocycles. The SMILES string of the molecule is CCN(CCBr)CCOc1ccc(C(=O)c2ccccc2)cc1. The maximum Gasteiger partial charge on any atom is 0.193 e. The Bertz CT molecular complexity index is 599. The van der Waals surface area contributed by atoms with Crippen molar-refractivity contribution in [3.8, 4) is 5.75 Å². The van der Waals surface area contributed by atoms with Gasteiger partial charge in [0.05, 0.1) is 0 Å². The first-order valence-corrected chi connectivity index (χ1v) is 8.97. The second-order valence-electron chi connectivity index (χ2n) is 5.19. The van der Waals surface area contributed by atoms with Gasteiger partial charge < -0.3 is 4.74 Å². The van der Waals surface area contributed by atoms with Gasteiger partial charge >= 0.3 is 0 Å². The van der Waals surface area contributed by atoms with Crippen molar-refractivity contribution >= 4 is 21.7 Å². The van der Waals surface area contributed by atoms with E-state index in [4.69, 9.17) is 4.74 Å². The molecule has 0 aromatic heterocycles. The van der Waals surface area contributed by atoms with Crippen LogP contribution in [0.1, 0.15) is 22.8 Å². The Balaban J connectivity index is 1.88. The predicted molar refractivity (Wildman–Crippen MR) is 97.7 cm³/mol. The van der Waals surface area contributed by atoms with E-state index in [1.165, 1.54) is 0 Å². The average Bonchev–Trinajstić information content (AvgIpc) is 2.61. The van der Waals surface area contributed by atoms with Gasteiger partial charge in [0.1, 0.15) is 12.4 Å². The van der Waals surface area contributed by atoms with Crippen molar-refractivity contribution in [1.82, 2.24) is 4.90 Å². The highest BCUT2D eigenvalue weighted by atomic mass is 79.9. The molecule has 3 nitrogen and oxygen atoms in total. The second kappa shape index (κ2) is 9.48. The van der Waals surface area contributed by atoms with Gasteiger partial charge in [-0.05, 0) is 30.8 Å². The predicted octanol–water partition coefficient (Wildman–Crippen LogP) is 4.01. The maximum atomic E-state index is 12.3. The highest BCUT2D eigenvalue weighted by molar-refractivity contribution is 9.09. The molecule has 23 heavy (non-hydrogen) atoms. The first-order chi connectivity index (χ1) is 11.2. The van der Waals surface area contributed by atoms with Crippen molar-refractivity contribution in [2.75, 3.05) is 31.6 Å². The molecule has 0 bridgehead atoms. The topological polar surface area (TPSA) is 29.5 Å². The molecule has 0 saturated carbocycles. The molecule has 0 amide bonds. The molecule has 2 aromatic carbocycles. The van der Waals surface area contributed by atoms with E-state index in [0.29, 0.717) is 17.7 Å². The van der Waals surface area contributed by atoms with Gasteiger partial charge in [0.25, 0.3) is 0 Å². The number of benzene rings is 2. The molecule has 0 aliphatic heterocycles. The minimum absolute atomic E-state index is 0.0339. The Labute approximate surface area is 146 Å². The third-order valence-corrected chi connectivity index (χ3v) is 4.03. The standard InChI is InChI=1S/C19H22BrNO2/c1-2-21(13-12-20)14-15-23-18-10-8-17(9-11-18)19(22)16-6-4-3-5-7-16/h3-11H,2,12-15H2,1H3. The van der Waals surface area contributed by atoms with E-state index in [1.54, 1.807) is 0 Å². The Morgan fingerprint density at radius 1 is 1.00 bits per heavy atom. The highest BCUT2D eigenvalue weighted by Gasteiger charge is 2.08. The number of rotatable bonds is 9. The largest absolute Gasteiger partial charge is 0.492 e. The molecule has 122 valence electrons. The summed E-state index contributed by atoms with van der Waals surface area (Å²) < 4.78 is 5.76. The van der Waals surface area contributed by atoms with Crippen LogP contribution in [0, 0.1) is 0 Å². The molecule has 0 aliphatic rings. The van der Waals surface area contributed by atoms with Crippen molar-refractivity contribution < 1.29 is 9.53 Å². The van der Waals surface area contributed by atoms with Crippen molar-refractivity contribution in [3.63, 3.8) is 0 Å². The van der Waals surface area contributed by atoms with Crippen LogP contribution in [0.3, 0.4) is 0 Å². The van der Waals surface area contributed by atoms with Crippen LogP contribution in [0.4, 0.5) is 0 Å². The maximum absolute atomic E-state index is 12.3. The number of alkyl halides is 1. The summed E-state index contributed by atoms with van der Waals surface area (Å²) in [5.41, 5.74) is 1.38. The molecule has 4 heteroatoms. The molecule has 0 unspecified atom stereocenters. The van der Waals surface area contributed by atoms with Crippen LogP contribution in [0.25, 0.3) is 0 Å². The molecule has 0 heterocycles. The molecule has 0 N–H and O–H groups in total. The molecule has 0 saturated heterocycles. The molecule has 0 fully saturated rings. The monoisotopic (exact) mass is 375 g/mol. The van der Waals surface area contributed by atoms with Gasteiger partial charge in [0.15, 0.2) is 5.78 Å². The number of hydrogen-bond donors (Lipinski definition) is 0. The fourth-order valence-electron chi connectivity index (χ4n) is 2.30. The lowest BCUT2D eigenvalue weighted by molar-refractivity contribution is 0.103. The van der Waals surface area contributed by atoms with Crippen molar-refractivity contribution in [3.05, 3.63) is 65.7 Å². The molecule has 0 radical (unpaired) electrons. The summed E-state index contributed by atoms with van der Waals surface area (Å²) in [7, 11) is 0. The lowest BCUT2D eigenvalue weighted by Crippen LogP contribution is -2.29. The molecular formula is C19H22BrNO2. The minimum Gasteiger partial charge on any atom is -0.492 e. The second-order valence-corrected chi connectivity index (χ2v) is 5.98. The first-order valence-electron chi connectivity index (χ1n) is 7.85. The fourth-order valence-corrected chi connectivity index (χ4v) is 2.80. The number of likely N-dealkylation sites (N-methyl/N-ethyl adjacent to an activating group) is 1. The third kappa shape index (κ3) is 5.48. The first kappa shape index (κ1) is 17.7. The summed E-state index contributed by atoms with van der Waals surface area (Å²) in [5, 5.41) is 0.969. The van der Waals surface area contributed by atoms with Crippen LogP contribution >= 0.6 is 15.9 Å². The van der Waals surface area contributed by atoms with Crippen molar-refractivity contribution in [2.24, 2.45) is 0 Å². The van der Waals surface area contributed by atoms with Gasteiger partial charge in [0, 0.05) is 29.5 Å². The van der Waals surface area contributed by atoms with Gasteiger partial charge in [-0.15, -0.1) is 0 Å². The Kier molecular flexibility index (Phi) is 7.30. The van der Waals surface area contributed by atoms with E-state index in [0.717, 1.165) is 30.7 Å². The lowest BCUT2D eigenvalue weighted by Gasteiger charge is -2.19. The van der Waals surface area contributed by atoms with Crippen LogP contribution in [0.15, 0.2) is 54.6 Å². The average molecular weight is 376 g/mol. The van der Waals surface area contributed by atoms with Gasteiger partial charge in [-0.3, -0.25) is 9.69 Å². The molecular weight excluding hydrogens is 354 g/mol. The van der Waals surface area contributed by atoms with Gasteiger partial charge in [-0.2, -0.15) is 0 Å². The normalized spacial score (nSPS) is 10.7. The zero-order valence-electron chi connectivity index (χ0n) is 13.4. The lowest BCUT2D eigenvalue weighted by atomic mass is 10.0. The Morgan fingerprint density at radius 2 is 1.65 bits per heavy atom. The summed E-state index contributed by atoms with van der Waals surface area (Å²) in [5.74, 6) is 0.830. The minimum atomic E-state index is 0.0339. The summed E-state index contributed by atoms with van der Waals surface area (Å²) in [6, 6.07) is 16.7. The van der Waals surface area contributed by atoms with Crippen LogP contribution in [0.5, 0.6) is 5.75 Å².